The molecule has 1 saturated carbocycles. The van der Waals surface area contributed by atoms with Crippen LogP contribution >= 0.6 is 0 Å². The highest BCUT2D eigenvalue weighted by Crippen LogP contribution is 2.49. The number of ether oxygens (including phenoxy) is 1. The van der Waals surface area contributed by atoms with Crippen LogP contribution in [0, 0.1) is 11.3 Å². The van der Waals surface area contributed by atoms with Crippen LogP contribution < -0.4 is 5.32 Å². The summed E-state index contributed by atoms with van der Waals surface area (Å²) in [7, 11) is 0. The van der Waals surface area contributed by atoms with E-state index in [-0.39, 0.29) is 30.9 Å². The minimum atomic E-state index is -0.836. The average Bonchev–Trinajstić information content (AvgIpc) is 3.51. The number of nitrogens with one attached hydrogen (secondary N) is 1. The predicted octanol–water partition coefficient (Wildman–Crippen LogP) is 4.02. The molecule has 2 N–H and O–H groups in total. The lowest BCUT2D eigenvalue weighted by atomic mass is 9.81. The number of carboxylic acids is 1. The molecule has 0 spiro atoms. The number of fused-ring (bicyclic) bond motifs is 4. The third-order valence-electron chi connectivity index (χ3n) is 7.95. The summed E-state index contributed by atoms with van der Waals surface area (Å²) < 4.78 is 5.60. The molecule has 1 unspecified atom stereocenters. The number of nitrogens with zero attached hydrogens (tertiary/aromatic N) is 1. The largest absolute Gasteiger partial charge is 0.481 e. The van der Waals surface area contributed by atoms with Crippen LogP contribution in [0.4, 0.5) is 4.79 Å². The van der Waals surface area contributed by atoms with Crippen molar-refractivity contribution >= 4 is 18.0 Å². The van der Waals surface area contributed by atoms with Gasteiger partial charge in [-0.05, 0) is 47.4 Å². The fourth-order valence-corrected chi connectivity index (χ4v) is 6.15. The van der Waals surface area contributed by atoms with Crippen molar-refractivity contribution < 1.29 is 24.2 Å². The molecule has 178 valence electrons. The van der Waals surface area contributed by atoms with Crippen molar-refractivity contribution in [3.8, 4) is 11.1 Å². The van der Waals surface area contributed by atoms with Crippen LogP contribution in [0.1, 0.15) is 49.7 Å². The van der Waals surface area contributed by atoms with Crippen LogP contribution in [-0.2, 0) is 14.3 Å². The van der Waals surface area contributed by atoms with Gasteiger partial charge < -0.3 is 20.1 Å². The van der Waals surface area contributed by atoms with Crippen molar-refractivity contribution in [2.24, 2.45) is 11.3 Å². The number of carbonyl (C=O) groups excluding carboxylic acids is 2. The lowest BCUT2D eigenvalue weighted by Crippen LogP contribution is -2.48. The van der Waals surface area contributed by atoms with Crippen molar-refractivity contribution in [1.29, 1.82) is 0 Å². The SMILES string of the molecule is CCC(NC(=O)OCC1c2ccccc2-c2ccccc21)C(=O)N1C[C@@H]2CCC[C@]2(C(=O)O)C1. The normalized spacial score (nSPS) is 23.7. The number of benzene rings is 2. The molecular weight excluding hydrogens is 432 g/mol. The van der Waals surface area contributed by atoms with E-state index >= 15 is 0 Å². The van der Waals surface area contributed by atoms with E-state index in [9.17, 15) is 19.5 Å². The number of aliphatic carboxylic acids is 1. The summed E-state index contributed by atoms with van der Waals surface area (Å²) in [6.45, 7) is 2.66. The maximum atomic E-state index is 13.2. The smallest absolute Gasteiger partial charge is 0.407 e. The van der Waals surface area contributed by atoms with Crippen LogP contribution in [0.3, 0.4) is 0 Å². The van der Waals surface area contributed by atoms with E-state index in [2.05, 4.69) is 29.6 Å². The third kappa shape index (κ3) is 3.63. The molecule has 2 aromatic carbocycles. The zero-order chi connectivity index (χ0) is 23.9. The molecular formula is C27H30N2O5. The lowest BCUT2D eigenvalue weighted by Gasteiger charge is -2.26. The Morgan fingerprint density at radius 1 is 1.12 bits per heavy atom. The van der Waals surface area contributed by atoms with Gasteiger partial charge in [0, 0.05) is 19.0 Å². The molecule has 2 aromatic rings. The molecule has 7 heteroatoms. The summed E-state index contributed by atoms with van der Waals surface area (Å²) in [5.74, 6) is -1.11. The summed E-state index contributed by atoms with van der Waals surface area (Å²) in [6.07, 6.45) is 2.09. The minimum Gasteiger partial charge on any atom is -0.481 e. The van der Waals surface area contributed by atoms with Gasteiger partial charge in [-0.15, -0.1) is 0 Å². The van der Waals surface area contributed by atoms with Gasteiger partial charge in [-0.2, -0.15) is 0 Å². The average molecular weight is 463 g/mol. The number of carboxylic acid groups (broad SMARTS) is 1. The zero-order valence-electron chi connectivity index (χ0n) is 19.3. The summed E-state index contributed by atoms with van der Waals surface area (Å²) in [5.41, 5.74) is 3.73. The first-order chi connectivity index (χ1) is 16.4. The van der Waals surface area contributed by atoms with Crippen LogP contribution in [0.15, 0.2) is 48.5 Å². The van der Waals surface area contributed by atoms with Crippen molar-refractivity contribution in [2.75, 3.05) is 19.7 Å². The quantitative estimate of drug-likeness (QED) is 0.676. The molecule has 0 aromatic heterocycles. The predicted molar refractivity (Wildman–Crippen MR) is 126 cm³/mol. The Hall–Kier alpha value is -3.35. The van der Waals surface area contributed by atoms with Crippen molar-refractivity contribution in [3.63, 3.8) is 0 Å². The number of amides is 2. The van der Waals surface area contributed by atoms with Gasteiger partial charge in [-0.1, -0.05) is 61.9 Å². The number of rotatable bonds is 6. The number of hydrogen-bond acceptors (Lipinski definition) is 4. The second kappa shape index (κ2) is 8.78. The number of hydrogen-bond donors (Lipinski definition) is 2. The molecule has 1 aliphatic heterocycles. The Kier molecular flexibility index (Phi) is 5.80. The maximum absolute atomic E-state index is 13.2. The molecule has 34 heavy (non-hydrogen) atoms. The highest BCUT2D eigenvalue weighted by molar-refractivity contribution is 5.87. The molecule has 0 radical (unpaired) electrons. The molecule has 3 aliphatic rings. The van der Waals surface area contributed by atoms with E-state index in [1.165, 1.54) is 0 Å². The first-order valence-corrected chi connectivity index (χ1v) is 12.1. The molecule has 2 amide bonds. The molecule has 1 saturated heterocycles. The van der Waals surface area contributed by atoms with Crippen molar-refractivity contribution in [1.82, 2.24) is 10.2 Å². The van der Waals surface area contributed by atoms with Crippen molar-refractivity contribution in [2.45, 2.75) is 44.6 Å². The van der Waals surface area contributed by atoms with Crippen LogP contribution in [0.5, 0.6) is 0 Å². The molecule has 3 atom stereocenters. The fraction of sp³-hybridized carbons (Fsp3) is 0.444. The van der Waals surface area contributed by atoms with Crippen LogP contribution in [-0.4, -0.2) is 53.7 Å². The van der Waals surface area contributed by atoms with Crippen molar-refractivity contribution in [3.05, 3.63) is 59.7 Å². The highest BCUT2D eigenvalue weighted by Gasteiger charge is 2.56. The van der Waals surface area contributed by atoms with Gasteiger partial charge in [0.2, 0.25) is 5.91 Å². The summed E-state index contributed by atoms with van der Waals surface area (Å²) in [6, 6.07) is 15.5. The highest BCUT2D eigenvalue weighted by atomic mass is 16.5. The monoisotopic (exact) mass is 462 g/mol. The molecule has 2 fully saturated rings. The number of likely N-dealkylation sites (tertiary alicyclic amines) is 1. The van der Waals surface area contributed by atoms with E-state index in [4.69, 9.17) is 4.74 Å². The third-order valence-corrected chi connectivity index (χ3v) is 7.95. The first kappa shape index (κ1) is 22.4. The maximum Gasteiger partial charge on any atom is 0.407 e. The van der Waals surface area contributed by atoms with Gasteiger partial charge in [0.15, 0.2) is 0 Å². The second-order valence-corrected chi connectivity index (χ2v) is 9.70. The van der Waals surface area contributed by atoms with Gasteiger partial charge in [0.1, 0.15) is 12.6 Å². The van der Waals surface area contributed by atoms with E-state index in [1.54, 1.807) is 4.90 Å². The summed E-state index contributed by atoms with van der Waals surface area (Å²) in [4.78, 5) is 39.4. The second-order valence-electron chi connectivity index (χ2n) is 9.70. The number of alkyl carbamates (subject to hydrolysis) is 1. The van der Waals surface area contributed by atoms with Gasteiger partial charge in [0.05, 0.1) is 5.41 Å². The molecule has 1 heterocycles. The van der Waals surface area contributed by atoms with Crippen LogP contribution in [0.2, 0.25) is 0 Å². The van der Waals surface area contributed by atoms with Gasteiger partial charge in [0.25, 0.3) is 0 Å². The van der Waals surface area contributed by atoms with Gasteiger partial charge in [-0.25, -0.2) is 4.79 Å². The van der Waals surface area contributed by atoms with E-state index < -0.39 is 23.5 Å². The minimum absolute atomic E-state index is 0.0130. The molecule has 0 bridgehead atoms. The Morgan fingerprint density at radius 3 is 2.35 bits per heavy atom. The Balaban J connectivity index is 1.22. The standard InChI is InChI=1S/C27H30N2O5/c1-2-23(24(30)29-14-17-8-7-13-27(17,16-29)25(31)32)28-26(33)34-15-22-20-11-5-3-9-18(20)19-10-4-6-12-21(19)22/h3-6,9-12,17,22-23H,2,7-8,13-16H2,1H3,(H,28,33)(H,31,32)/t17-,23?,27-/m0/s1. The lowest BCUT2D eigenvalue weighted by molar-refractivity contribution is -0.149. The fourth-order valence-electron chi connectivity index (χ4n) is 6.15. The van der Waals surface area contributed by atoms with Gasteiger partial charge in [-0.3, -0.25) is 9.59 Å². The first-order valence-electron chi connectivity index (χ1n) is 12.1. The molecule has 7 nitrogen and oxygen atoms in total. The Bertz CT molecular complexity index is 1090. The van der Waals surface area contributed by atoms with Crippen LogP contribution in [0.25, 0.3) is 11.1 Å². The topological polar surface area (TPSA) is 95.9 Å². The number of carbonyl (C=O) groups is 3. The molecule has 2 aliphatic carbocycles. The Labute approximate surface area is 199 Å². The molecule has 5 rings (SSSR count). The summed E-state index contributed by atoms with van der Waals surface area (Å²) >= 11 is 0. The van der Waals surface area contributed by atoms with Gasteiger partial charge >= 0.3 is 12.1 Å². The Morgan fingerprint density at radius 2 is 1.76 bits per heavy atom. The van der Waals surface area contributed by atoms with E-state index in [0.717, 1.165) is 35.1 Å². The summed E-state index contributed by atoms with van der Waals surface area (Å²) in [5, 5.41) is 12.5. The van der Waals surface area contributed by atoms with E-state index in [0.29, 0.717) is 19.4 Å². The van der Waals surface area contributed by atoms with E-state index in [1.807, 2.05) is 31.2 Å². The zero-order valence-corrected chi connectivity index (χ0v) is 19.3.